The van der Waals surface area contributed by atoms with Crippen molar-refractivity contribution in [3.63, 3.8) is 0 Å². The molecule has 116 valence electrons. The number of hydrogen-bond donors (Lipinski definition) is 1. The fourth-order valence-corrected chi connectivity index (χ4v) is 4.49. The highest BCUT2D eigenvalue weighted by molar-refractivity contribution is 7.88. The largest absolute Gasteiger partial charge is 0.243 e. The molecular formula is C14H15N3O3S2. The van der Waals surface area contributed by atoms with Crippen LogP contribution in [0.25, 0.3) is 11.0 Å². The predicted octanol–water partition coefficient (Wildman–Crippen LogP) is 2.33. The van der Waals surface area contributed by atoms with Crippen LogP contribution in [0.4, 0.5) is 0 Å². The maximum atomic E-state index is 12.2. The van der Waals surface area contributed by atoms with E-state index in [2.05, 4.69) is 19.7 Å². The summed E-state index contributed by atoms with van der Waals surface area (Å²) in [6.07, 6.45) is 0.684. The standard InChI is InChI=1S/C14H15N3O3S2/c1-10(7-12-3-2-6-21-12)17-22(18,19)9-11-4-5-13-14(8-11)16-20-15-13/h2-6,8,10,17H,7,9H2,1H3. The zero-order valence-corrected chi connectivity index (χ0v) is 13.5. The van der Waals surface area contributed by atoms with Crippen LogP contribution in [0.15, 0.2) is 40.3 Å². The maximum Gasteiger partial charge on any atom is 0.216 e. The Kier molecular flexibility index (Phi) is 4.23. The first-order valence-corrected chi connectivity index (χ1v) is 9.28. The summed E-state index contributed by atoms with van der Waals surface area (Å²) in [5.41, 5.74) is 1.82. The van der Waals surface area contributed by atoms with E-state index in [4.69, 9.17) is 0 Å². The van der Waals surface area contributed by atoms with E-state index in [1.54, 1.807) is 29.5 Å². The Bertz CT molecular complexity index is 856. The Balaban J connectivity index is 1.67. The molecule has 1 atom stereocenters. The number of hydrogen-bond acceptors (Lipinski definition) is 6. The van der Waals surface area contributed by atoms with Gasteiger partial charge in [0, 0.05) is 10.9 Å². The van der Waals surface area contributed by atoms with Crippen molar-refractivity contribution in [2.75, 3.05) is 0 Å². The van der Waals surface area contributed by atoms with E-state index in [1.807, 2.05) is 24.4 Å². The number of benzene rings is 1. The third-order valence-electron chi connectivity index (χ3n) is 3.14. The summed E-state index contributed by atoms with van der Waals surface area (Å²) in [4.78, 5) is 1.16. The van der Waals surface area contributed by atoms with E-state index in [0.717, 1.165) is 4.88 Å². The van der Waals surface area contributed by atoms with Crippen LogP contribution in [-0.2, 0) is 22.2 Å². The van der Waals surface area contributed by atoms with Crippen molar-refractivity contribution in [2.45, 2.75) is 25.1 Å². The summed E-state index contributed by atoms with van der Waals surface area (Å²) < 4.78 is 31.8. The van der Waals surface area contributed by atoms with Crippen molar-refractivity contribution in [1.29, 1.82) is 0 Å². The van der Waals surface area contributed by atoms with Gasteiger partial charge >= 0.3 is 0 Å². The fourth-order valence-electron chi connectivity index (χ4n) is 2.26. The molecule has 0 spiro atoms. The van der Waals surface area contributed by atoms with Crippen LogP contribution in [0.1, 0.15) is 17.4 Å². The lowest BCUT2D eigenvalue weighted by atomic mass is 10.2. The molecule has 1 unspecified atom stereocenters. The molecule has 0 radical (unpaired) electrons. The first-order chi connectivity index (χ1) is 10.5. The van der Waals surface area contributed by atoms with E-state index in [0.29, 0.717) is 23.0 Å². The molecule has 6 nitrogen and oxygen atoms in total. The van der Waals surface area contributed by atoms with E-state index in [-0.39, 0.29) is 11.8 Å². The van der Waals surface area contributed by atoms with Crippen LogP contribution in [0.5, 0.6) is 0 Å². The highest BCUT2D eigenvalue weighted by atomic mass is 32.2. The Hall–Kier alpha value is -1.77. The van der Waals surface area contributed by atoms with Crippen LogP contribution in [0.2, 0.25) is 0 Å². The third kappa shape index (κ3) is 3.70. The lowest BCUT2D eigenvalue weighted by Crippen LogP contribution is -2.34. The van der Waals surface area contributed by atoms with Crippen molar-refractivity contribution < 1.29 is 13.0 Å². The highest BCUT2D eigenvalue weighted by Crippen LogP contribution is 2.15. The molecule has 0 bridgehead atoms. The van der Waals surface area contributed by atoms with Gasteiger partial charge in [0.05, 0.1) is 5.75 Å². The SMILES string of the molecule is CC(Cc1cccs1)NS(=O)(=O)Cc1ccc2nonc2c1. The topological polar surface area (TPSA) is 85.1 Å². The van der Waals surface area contributed by atoms with Crippen molar-refractivity contribution in [3.05, 3.63) is 46.2 Å². The summed E-state index contributed by atoms with van der Waals surface area (Å²) in [5.74, 6) is -0.0927. The molecule has 22 heavy (non-hydrogen) atoms. The molecule has 1 N–H and O–H groups in total. The fraction of sp³-hybridized carbons (Fsp3) is 0.286. The molecule has 2 heterocycles. The minimum atomic E-state index is -3.41. The zero-order valence-electron chi connectivity index (χ0n) is 11.9. The molecule has 0 amide bonds. The van der Waals surface area contributed by atoms with Gasteiger partial charge in [-0.2, -0.15) is 0 Å². The lowest BCUT2D eigenvalue weighted by Gasteiger charge is -2.13. The van der Waals surface area contributed by atoms with Crippen LogP contribution in [-0.4, -0.2) is 24.8 Å². The smallest absolute Gasteiger partial charge is 0.216 e. The maximum absolute atomic E-state index is 12.2. The second-order valence-electron chi connectivity index (χ2n) is 5.15. The van der Waals surface area contributed by atoms with Crippen molar-refractivity contribution in [2.24, 2.45) is 0 Å². The molecule has 0 aliphatic heterocycles. The van der Waals surface area contributed by atoms with E-state index >= 15 is 0 Å². The summed E-state index contributed by atoms with van der Waals surface area (Å²) in [5, 5.41) is 9.40. The number of nitrogens with one attached hydrogen (secondary N) is 1. The van der Waals surface area contributed by atoms with E-state index in [1.165, 1.54) is 0 Å². The van der Waals surface area contributed by atoms with Crippen LogP contribution in [0, 0.1) is 0 Å². The van der Waals surface area contributed by atoms with Crippen LogP contribution < -0.4 is 4.72 Å². The van der Waals surface area contributed by atoms with Crippen molar-refractivity contribution >= 4 is 32.4 Å². The van der Waals surface area contributed by atoms with Gasteiger partial charge in [-0.3, -0.25) is 0 Å². The average molecular weight is 337 g/mol. The number of nitrogens with zero attached hydrogens (tertiary/aromatic N) is 2. The van der Waals surface area contributed by atoms with Gasteiger partial charge in [-0.05, 0) is 52.8 Å². The Morgan fingerprint density at radius 3 is 2.86 bits per heavy atom. The molecule has 8 heteroatoms. The van der Waals surface area contributed by atoms with Crippen LogP contribution >= 0.6 is 11.3 Å². The highest BCUT2D eigenvalue weighted by Gasteiger charge is 2.16. The Morgan fingerprint density at radius 1 is 1.27 bits per heavy atom. The number of fused-ring (bicyclic) bond motifs is 1. The van der Waals surface area contributed by atoms with Gasteiger partial charge in [0.15, 0.2) is 0 Å². The molecule has 3 aromatic rings. The molecule has 1 aromatic carbocycles. The minimum absolute atomic E-state index is 0.0927. The molecule has 0 saturated carbocycles. The summed E-state index contributed by atoms with van der Waals surface area (Å²) >= 11 is 1.62. The third-order valence-corrected chi connectivity index (χ3v) is 5.52. The van der Waals surface area contributed by atoms with Gasteiger partial charge in [0.25, 0.3) is 0 Å². The van der Waals surface area contributed by atoms with Gasteiger partial charge in [-0.1, -0.05) is 12.1 Å². The van der Waals surface area contributed by atoms with Gasteiger partial charge in [0.1, 0.15) is 11.0 Å². The predicted molar refractivity (Wildman–Crippen MR) is 85.0 cm³/mol. The molecule has 0 saturated heterocycles. The zero-order chi connectivity index (χ0) is 15.6. The van der Waals surface area contributed by atoms with Crippen molar-refractivity contribution in [3.8, 4) is 0 Å². The lowest BCUT2D eigenvalue weighted by molar-refractivity contribution is 0.315. The van der Waals surface area contributed by atoms with Crippen molar-refractivity contribution in [1.82, 2.24) is 15.0 Å². The summed E-state index contributed by atoms with van der Waals surface area (Å²) in [7, 11) is -3.41. The van der Waals surface area contributed by atoms with Gasteiger partial charge in [-0.25, -0.2) is 17.8 Å². The Labute approximate surface area is 132 Å². The number of sulfonamides is 1. The number of thiophene rings is 1. The summed E-state index contributed by atoms with van der Waals surface area (Å²) in [6.45, 7) is 1.86. The first-order valence-electron chi connectivity index (χ1n) is 6.75. The van der Waals surface area contributed by atoms with E-state index in [9.17, 15) is 8.42 Å². The van der Waals surface area contributed by atoms with Gasteiger partial charge < -0.3 is 0 Å². The first kappa shape index (κ1) is 15.1. The Morgan fingerprint density at radius 2 is 2.09 bits per heavy atom. The normalized spacial score (nSPS) is 13.5. The monoisotopic (exact) mass is 337 g/mol. The molecule has 0 aliphatic carbocycles. The van der Waals surface area contributed by atoms with E-state index < -0.39 is 10.0 Å². The van der Waals surface area contributed by atoms with Crippen LogP contribution in [0.3, 0.4) is 0 Å². The summed E-state index contributed by atoms with van der Waals surface area (Å²) in [6, 6.07) is 8.90. The minimum Gasteiger partial charge on any atom is -0.243 e. The molecule has 3 rings (SSSR count). The number of aromatic nitrogens is 2. The molecule has 2 aromatic heterocycles. The number of rotatable bonds is 6. The van der Waals surface area contributed by atoms with Gasteiger partial charge in [-0.15, -0.1) is 11.3 Å². The second kappa shape index (κ2) is 6.15. The quantitative estimate of drug-likeness (QED) is 0.746. The molecule has 0 fully saturated rings. The average Bonchev–Trinajstić information content (AvgIpc) is 3.07. The van der Waals surface area contributed by atoms with Gasteiger partial charge in [0.2, 0.25) is 10.0 Å². The second-order valence-corrected chi connectivity index (χ2v) is 7.93. The molecular weight excluding hydrogens is 322 g/mol. The molecule has 0 aliphatic rings.